The predicted octanol–water partition coefficient (Wildman–Crippen LogP) is 3.22. The zero-order valence-electron chi connectivity index (χ0n) is 17.8. The summed E-state index contributed by atoms with van der Waals surface area (Å²) >= 11 is 0. The molecule has 3 aromatic rings. The summed E-state index contributed by atoms with van der Waals surface area (Å²) in [4.78, 5) is 8.89. The minimum Gasteiger partial charge on any atom is -0.503 e. The summed E-state index contributed by atoms with van der Waals surface area (Å²) < 4.78 is 0. The van der Waals surface area contributed by atoms with Crippen molar-refractivity contribution in [3.8, 4) is 0 Å². The SMILES string of the molecule is CC(O)CC(C)O.[CH2-]C(=O)O.[Pd].c1ccc([PH+](c2ccccc2)c2ccccc2)cc1. The Balaban J connectivity index is 0.000000633. The molecule has 0 aliphatic rings. The van der Waals surface area contributed by atoms with Gasteiger partial charge in [-0.15, -0.1) is 0 Å². The molecule has 0 bridgehead atoms. The first-order valence-electron chi connectivity index (χ1n) is 9.75. The second-order valence-electron chi connectivity index (χ2n) is 6.80. The molecule has 0 radical (unpaired) electrons. The minimum atomic E-state index is -1.08. The monoisotopic (exact) mass is 532 g/mol. The van der Waals surface area contributed by atoms with Gasteiger partial charge in [0.05, 0.1) is 20.1 Å². The maximum atomic E-state index is 8.89. The summed E-state index contributed by atoms with van der Waals surface area (Å²) in [5, 5.41) is 28.7. The van der Waals surface area contributed by atoms with E-state index in [-0.39, 0.29) is 32.6 Å². The number of aliphatic hydroxyl groups is 2. The molecule has 3 N–H and O–H groups in total. The Hall–Kier alpha value is -1.99. The third-order valence-electron chi connectivity index (χ3n) is 3.87. The zero-order valence-corrected chi connectivity index (χ0v) is 20.3. The predicted molar refractivity (Wildman–Crippen MR) is 128 cm³/mol. The summed E-state index contributed by atoms with van der Waals surface area (Å²) in [5.41, 5.74) is 0. The fourth-order valence-corrected chi connectivity index (χ4v) is 5.39. The smallest absolute Gasteiger partial charge is 0.161 e. The maximum absolute atomic E-state index is 8.89. The van der Waals surface area contributed by atoms with Crippen molar-refractivity contribution in [1.29, 1.82) is 0 Å². The Morgan fingerprint density at radius 2 is 0.968 bits per heavy atom. The average molecular weight is 533 g/mol. The summed E-state index contributed by atoms with van der Waals surface area (Å²) in [5.74, 6) is -1.08. The number of hydrogen-bond donors (Lipinski definition) is 3. The Labute approximate surface area is 200 Å². The summed E-state index contributed by atoms with van der Waals surface area (Å²) in [6.45, 7) is 5.87. The third-order valence-corrected chi connectivity index (χ3v) is 6.60. The Kier molecular flexibility index (Phi) is 15.6. The van der Waals surface area contributed by atoms with Gasteiger partial charge in [0.25, 0.3) is 0 Å². The van der Waals surface area contributed by atoms with Gasteiger partial charge in [-0.25, -0.2) is 0 Å². The second-order valence-corrected chi connectivity index (χ2v) is 9.28. The van der Waals surface area contributed by atoms with Gasteiger partial charge in [-0.3, -0.25) is 11.7 Å². The van der Waals surface area contributed by atoms with Gasteiger partial charge in [0, 0.05) is 20.4 Å². The molecule has 3 aromatic carbocycles. The molecule has 0 aliphatic carbocycles. The summed E-state index contributed by atoms with van der Waals surface area (Å²) in [6.07, 6.45) is -0.278. The molecular formula is C25H31O4PPd. The van der Waals surface area contributed by atoms with Crippen molar-refractivity contribution in [2.24, 2.45) is 0 Å². The van der Waals surface area contributed by atoms with Crippen LogP contribution < -0.4 is 15.9 Å². The first-order valence-corrected chi connectivity index (χ1v) is 11.3. The van der Waals surface area contributed by atoms with Crippen molar-refractivity contribution >= 4 is 29.8 Å². The molecule has 2 atom stereocenters. The number of carboxylic acid groups (broad SMARTS) is 1. The second kappa shape index (κ2) is 16.7. The number of rotatable bonds is 5. The molecule has 0 amide bonds. The van der Waals surface area contributed by atoms with Crippen LogP contribution in [0, 0.1) is 6.92 Å². The van der Waals surface area contributed by atoms with Crippen molar-refractivity contribution < 1.29 is 40.5 Å². The first kappa shape index (κ1) is 29.0. The Morgan fingerprint density at radius 3 is 1.13 bits per heavy atom. The molecule has 0 spiro atoms. The van der Waals surface area contributed by atoms with Crippen LogP contribution in [0.5, 0.6) is 0 Å². The van der Waals surface area contributed by atoms with Gasteiger partial charge in [0.1, 0.15) is 15.9 Å². The first-order chi connectivity index (χ1) is 14.3. The number of aliphatic hydroxyl groups excluding tert-OH is 2. The molecule has 4 nitrogen and oxygen atoms in total. The largest absolute Gasteiger partial charge is 0.503 e. The van der Waals surface area contributed by atoms with E-state index in [1.165, 1.54) is 15.9 Å². The molecule has 0 fully saturated rings. The molecule has 170 valence electrons. The summed E-state index contributed by atoms with van der Waals surface area (Å²) in [7, 11) is -0.877. The van der Waals surface area contributed by atoms with E-state index in [9.17, 15) is 0 Å². The quantitative estimate of drug-likeness (QED) is 0.268. The fraction of sp³-hybridized carbons (Fsp3) is 0.200. The van der Waals surface area contributed by atoms with Crippen LogP contribution in [0.15, 0.2) is 91.0 Å². The molecule has 3 rings (SSSR count). The molecular weight excluding hydrogens is 502 g/mol. The van der Waals surface area contributed by atoms with Gasteiger partial charge < -0.3 is 15.3 Å². The van der Waals surface area contributed by atoms with Crippen molar-refractivity contribution in [3.05, 3.63) is 97.9 Å². The summed E-state index contributed by atoms with van der Waals surface area (Å²) in [6, 6.07) is 32.5. The van der Waals surface area contributed by atoms with Crippen LogP contribution in [0.2, 0.25) is 0 Å². The van der Waals surface area contributed by atoms with Gasteiger partial charge >= 0.3 is 0 Å². The molecule has 2 unspecified atom stereocenters. The molecule has 0 aliphatic heterocycles. The van der Waals surface area contributed by atoms with Crippen molar-refractivity contribution in [1.82, 2.24) is 0 Å². The van der Waals surface area contributed by atoms with Gasteiger partial charge in [0.15, 0.2) is 5.97 Å². The van der Waals surface area contributed by atoms with Crippen LogP contribution in [0.25, 0.3) is 0 Å². The number of carboxylic acids is 1. The van der Waals surface area contributed by atoms with Crippen LogP contribution in [-0.2, 0) is 25.2 Å². The van der Waals surface area contributed by atoms with E-state index in [1.54, 1.807) is 13.8 Å². The third kappa shape index (κ3) is 13.1. The van der Waals surface area contributed by atoms with Gasteiger partial charge in [-0.2, -0.15) is 0 Å². The van der Waals surface area contributed by atoms with Gasteiger partial charge in [-0.1, -0.05) is 54.6 Å². The van der Waals surface area contributed by atoms with E-state index in [1.807, 2.05) is 0 Å². The van der Waals surface area contributed by atoms with Crippen LogP contribution in [0.3, 0.4) is 0 Å². The molecule has 0 heterocycles. The van der Waals surface area contributed by atoms with Crippen molar-refractivity contribution in [2.45, 2.75) is 32.5 Å². The van der Waals surface area contributed by atoms with Gasteiger partial charge in [0.2, 0.25) is 0 Å². The average Bonchev–Trinajstić information content (AvgIpc) is 2.70. The molecule has 31 heavy (non-hydrogen) atoms. The number of aliphatic carboxylic acids is 1. The van der Waals surface area contributed by atoms with E-state index in [2.05, 4.69) is 97.9 Å². The molecule has 0 aromatic heterocycles. The van der Waals surface area contributed by atoms with E-state index >= 15 is 0 Å². The van der Waals surface area contributed by atoms with Crippen LogP contribution in [-0.4, -0.2) is 33.5 Å². The standard InChI is InChI=1S/C18H15P.C5H12O2.C2H3O2.Pd/c1-4-10-16(11-5-1)19(17-12-6-2-7-13-17)18-14-8-3-9-15-18;1-4(6)3-5(2)7;1-2(3)4;/h1-15H;4-7H,3H2,1-2H3;1H2,(H,3,4);/q;;-1;/p+1. The van der Waals surface area contributed by atoms with E-state index in [0.717, 1.165) is 0 Å². The van der Waals surface area contributed by atoms with Crippen LogP contribution in [0.4, 0.5) is 0 Å². The van der Waals surface area contributed by atoms with E-state index in [0.29, 0.717) is 6.42 Å². The van der Waals surface area contributed by atoms with Crippen LogP contribution in [0.1, 0.15) is 20.3 Å². The van der Waals surface area contributed by atoms with Gasteiger partial charge in [-0.05, 0) is 56.7 Å². The number of hydrogen-bond acceptors (Lipinski definition) is 3. The number of benzene rings is 3. The van der Waals surface area contributed by atoms with Crippen molar-refractivity contribution in [2.75, 3.05) is 0 Å². The minimum absolute atomic E-state index is 0. The number of carbonyl (C=O) groups is 1. The molecule has 0 saturated heterocycles. The normalized spacial score (nSPS) is 11.5. The van der Waals surface area contributed by atoms with E-state index < -0.39 is 13.9 Å². The molecule has 0 saturated carbocycles. The Morgan fingerprint density at radius 1 is 0.742 bits per heavy atom. The zero-order chi connectivity index (χ0) is 22.4. The van der Waals surface area contributed by atoms with Crippen molar-refractivity contribution in [3.63, 3.8) is 0 Å². The molecule has 6 heteroatoms. The van der Waals surface area contributed by atoms with Crippen LogP contribution >= 0.6 is 7.92 Å². The van der Waals surface area contributed by atoms with E-state index in [4.69, 9.17) is 20.1 Å². The maximum Gasteiger partial charge on any atom is 0.161 e. The Bertz CT molecular complexity index is 724. The topological polar surface area (TPSA) is 77.8 Å². The fourth-order valence-electron chi connectivity index (χ4n) is 2.81.